The molecule has 2 aromatic carbocycles. The molecule has 0 atom stereocenters. The highest BCUT2D eigenvalue weighted by molar-refractivity contribution is 6.00. The number of nitrogens with zero attached hydrogens (tertiary/aromatic N) is 3. The summed E-state index contributed by atoms with van der Waals surface area (Å²) in [5.74, 6) is 2.06. The van der Waals surface area contributed by atoms with Crippen molar-refractivity contribution < 1.29 is 31.1 Å². The molecule has 0 saturated carbocycles. The summed E-state index contributed by atoms with van der Waals surface area (Å²) in [4.78, 5) is 25.2. The van der Waals surface area contributed by atoms with Crippen molar-refractivity contribution in [3.63, 3.8) is 0 Å². The molecule has 4 N–H and O–H groups in total. The Balaban J connectivity index is 1.42. The third kappa shape index (κ3) is 7.58. The first-order valence-corrected chi connectivity index (χ1v) is 11.5. The normalized spacial score (nSPS) is 11.6. The molecule has 8 nitrogen and oxygen atoms in total. The highest BCUT2D eigenvalue weighted by Gasteiger charge is 2.37. The van der Waals surface area contributed by atoms with Crippen molar-refractivity contribution in [2.24, 2.45) is 0 Å². The van der Waals surface area contributed by atoms with E-state index in [1.807, 2.05) is 24.4 Å². The third-order valence-corrected chi connectivity index (χ3v) is 5.27. The Hall–Kier alpha value is -4.88. The molecule has 0 aliphatic carbocycles. The van der Waals surface area contributed by atoms with Crippen LogP contribution in [-0.2, 0) is 12.4 Å². The van der Waals surface area contributed by atoms with Crippen LogP contribution in [0.4, 0.5) is 65.7 Å². The number of amides is 2. The lowest BCUT2D eigenvalue weighted by atomic mass is 10.1. The first kappa shape index (κ1) is 28.1. The Labute approximate surface area is 223 Å². The zero-order valence-electron chi connectivity index (χ0n) is 20.9. The van der Waals surface area contributed by atoms with Crippen molar-refractivity contribution in [2.75, 3.05) is 21.3 Å². The predicted molar refractivity (Wildman–Crippen MR) is 138 cm³/mol. The summed E-state index contributed by atoms with van der Waals surface area (Å²) in [7, 11) is 0. The second-order valence-corrected chi connectivity index (χ2v) is 8.61. The molecular weight excluding hydrogens is 540 g/mol. The topological polar surface area (TPSA) is 104 Å². The monoisotopic (exact) mass is 561 g/mol. The Morgan fingerprint density at radius 3 is 1.77 bits per heavy atom. The van der Waals surface area contributed by atoms with Gasteiger partial charge < -0.3 is 21.3 Å². The van der Waals surface area contributed by atoms with Gasteiger partial charge in [-0.05, 0) is 74.0 Å². The second kappa shape index (κ2) is 11.1. The summed E-state index contributed by atoms with van der Waals surface area (Å²) < 4.78 is 78.3. The van der Waals surface area contributed by atoms with Gasteiger partial charge in [0.25, 0.3) is 0 Å². The number of anilines is 6. The zero-order valence-corrected chi connectivity index (χ0v) is 20.9. The fourth-order valence-corrected chi connectivity index (χ4v) is 3.54. The van der Waals surface area contributed by atoms with E-state index in [1.165, 1.54) is 12.1 Å². The van der Waals surface area contributed by atoms with Crippen LogP contribution in [0, 0.1) is 13.8 Å². The number of hydrogen-bond donors (Lipinski definition) is 4. The van der Waals surface area contributed by atoms with Crippen LogP contribution in [-0.4, -0.2) is 21.0 Å². The molecule has 0 radical (unpaired) electrons. The van der Waals surface area contributed by atoms with Crippen LogP contribution in [0.5, 0.6) is 0 Å². The van der Waals surface area contributed by atoms with Crippen molar-refractivity contribution in [3.05, 3.63) is 89.4 Å². The molecule has 0 spiro atoms. The Morgan fingerprint density at radius 1 is 0.650 bits per heavy atom. The van der Waals surface area contributed by atoms with E-state index >= 15 is 0 Å². The number of benzene rings is 2. The highest BCUT2D eigenvalue weighted by Crippen LogP contribution is 2.37. The van der Waals surface area contributed by atoms with E-state index in [-0.39, 0.29) is 11.8 Å². The molecule has 0 aliphatic heterocycles. The van der Waals surface area contributed by atoms with Gasteiger partial charge in [0.15, 0.2) is 0 Å². The van der Waals surface area contributed by atoms with Gasteiger partial charge in [-0.25, -0.2) is 19.7 Å². The van der Waals surface area contributed by atoms with Crippen molar-refractivity contribution >= 4 is 40.5 Å². The number of rotatable bonds is 6. The van der Waals surface area contributed by atoms with Gasteiger partial charge in [0, 0.05) is 29.3 Å². The number of pyridine rings is 1. The van der Waals surface area contributed by atoms with E-state index in [2.05, 4.69) is 30.9 Å². The summed E-state index contributed by atoms with van der Waals surface area (Å²) in [5, 5.41) is 10.6. The first-order chi connectivity index (χ1) is 18.7. The minimum atomic E-state index is -5.03. The maximum atomic E-state index is 13.1. The van der Waals surface area contributed by atoms with Crippen LogP contribution >= 0.6 is 0 Å². The molecule has 208 valence electrons. The van der Waals surface area contributed by atoms with E-state index in [4.69, 9.17) is 0 Å². The van der Waals surface area contributed by atoms with Gasteiger partial charge in [-0.1, -0.05) is 0 Å². The summed E-state index contributed by atoms with van der Waals surface area (Å²) in [6.45, 7) is 3.65. The number of hydrogen-bond acceptors (Lipinski definition) is 6. The van der Waals surface area contributed by atoms with Crippen LogP contribution in [0.25, 0.3) is 0 Å². The van der Waals surface area contributed by atoms with Gasteiger partial charge in [-0.15, -0.1) is 0 Å². The minimum absolute atomic E-state index is 0.0214. The number of carbonyl (C=O) groups is 1. The Kier molecular flexibility index (Phi) is 7.79. The largest absolute Gasteiger partial charge is 0.416 e. The molecular formula is C26H21F6N7O. The molecule has 0 saturated heterocycles. The van der Waals surface area contributed by atoms with Crippen molar-refractivity contribution in [1.82, 2.24) is 15.0 Å². The van der Waals surface area contributed by atoms with Crippen LogP contribution in [0.3, 0.4) is 0 Å². The van der Waals surface area contributed by atoms with E-state index in [9.17, 15) is 31.1 Å². The number of alkyl halides is 6. The van der Waals surface area contributed by atoms with Crippen LogP contribution in [0.2, 0.25) is 0 Å². The first-order valence-electron chi connectivity index (χ1n) is 11.5. The summed E-state index contributed by atoms with van der Waals surface area (Å²) in [5.41, 5.74) is -1.91. The summed E-state index contributed by atoms with van der Waals surface area (Å²) >= 11 is 0. The van der Waals surface area contributed by atoms with Crippen LogP contribution in [0.15, 0.2) is 66.9 Å². The van der Waals surface area contributed by atoms with E-state index < -0.39 is 35.2 Å². The molecule has 40 heavy (non-hydrogen) atoms. The average Bonchev–Trinajstić information content (AvgIpc) is 2.83. The highest BCUT2D eigenvalue weighted by atomic mass is 19.4. The predicted octanol–water partition coefficient (Wildman–Crippen LogP) is 7.66. The lowest BCUT2D eigenvalue weighted by Gasteiger charge is -2.15. The van der Waals surface area contributed by atoms with Crippen molar-refractivity contribution in [3.8, 4) is 0 Å². The number of aromatic nitrogens is 3. The SMILES string of the molecule is Cc1ccnc(Nc2cc(Nc3ccc(NC(=O)Nc4cc(C(F)(F)F)cc(C(F)(F)F)c4)cc3)nc(C)n2)c1. The van der Waals surface area contributed by atoms with E-state index in [1.54, 1.807) is 31.3 Å². The number of urea groups is 1. The average molecular weight is 561 g/mol. The van der Waals surface area contributed by atoms with Crippen molar-refractivity contribution in [1.29, 1.82) is 0 Å². The molecule has 0 bridgehead atoms. The van der Waals surface area contributed by atoms with E-state index in [0.717, 1.165) is 5.56 Å². The van der Waals surface area contributed by atoms with E-state index in [0.29, 0.717) is 41.1 Å². The van der Waals surface area contributed by atoms with Gasteiger partial charge in [0.1, 0.15) is 23.3 Å². The molecule has 4 aromatic rings. The maximum absolute atomic E-state index is 13.1. The molecule has 0 aliphatic rings. The van der Waals surface area contributed by atoms with Gasteiger partial charge in [-0.3, -0.25) is 0 Å². The molecule has 2 amide bonds. The maximum Gasteiger partial charge on any atom is 0.416 e. The zero-order chi connectivity index (χ0) is 29.1. The summed E-state index contributed by atoms with van der Waals surface area (Å²) in [6.07, 6.45) is -8.40. The lowest BCUT2D eigenvalue weighted by Crippen LogP contribution is -2.20. The van der Waals surface area contributed by atoms with Gasteiger partial charge in [0.05, 0.1) is 11.1 Å². The number of nitrogens with one attached hydrogen (secondary N) is 4. The summed E-state index contributed by atoms with van der Waals surface area (Å²) in [6, 6.07) is 11.3. The van der Waals surface area contributed by atoms with Crippen LogP contribution in [0.1, 0.15) is 22.5 Å². The molecule has 0 fully saturated rings. The van der Waals surface area contributed by atoms with Crippen molar-refractivity contribution in [2.45, 2.75) is 26.2 Å². The molecule has 14 heteroatoms. The fraction of sp³-hybridized carbons (Fsp3) is 0.154. The molecule has 4 rings (SSSR count). The van der Waals surface area contributed by atoms with Crippen LogP contribution < -0.4 is 21.3 Å². The third-order valence-electron chi connectivity index (χ3n) is 5.27. The number of aryl methyl sites for hydroxylation is 2. The Morgan fingerprint density at radius 2 is 1.20 bits per heavy atom. The minimum Gasteiger partial charge on any atom is -0.340 e. The molecule has 0 unspecified atom stereocenters. The number of carbonyl (C=O) groups excluding carboxylic acids is 1. The van der Waals surface area contributed by atoms with Gasteiger partial charge >= 0.3 is 18.4 Å². The van der Waals surface area contributed by atoms with Gasteiger partial charge in [0.2, 0.25) is 0 Å². The lowest BCUT2D eigenvalue weighted by molar-refractivity contribution is -0.143. The van der Waals surface area contributed by atoms with Gasteiger partial charge in [-0.2, -0.15) is 26.3 Å². The fourth-order valence-electron chi connectivity index (χ4n) is 3.54. The second-order valence-electron chi connectivity index (χ2n) is 8.61. The number of halogens is 6. The standard InChI is InChI=1S/C26H21F6N7O/c1-14-7-8-33-21(9-14)39-23-13-22(34-15(2)35-23)36-18-3-5-19(6-4-18)37-24(40)38-20-11-16(25(27,28)29)10-17(12-20)26(30,31)32/h3-13H,1-2H3,(H2,37,38,40)(H2,33,34,35,36,39). The quantitative estimate of drug-likeness (QED) is 0.180. The Bertz CT molecular complexity index is 1490. The molecule has 2 heterocycles. The molecule has 2 aromatic heterocycles. The smallest absolute Gasteiger partial charge is 0.340 e.